The molecule has 0 unspecified atom stereocenters. The van der Waals surface area contributed by atoms with Gasteiger partial charge in [0.15, 0.2) is 0 Å². The number of aliphatic imine (C=N–C) groups is 1. The summed E-state index contributed by atoms with van der Waals surface area (Å²) in [5.74, 6) is 0.506. The van der Waals surface area contributed by atoms with Crippen LogP contribution in [0, 0.1) is 0 Å². The molecule has 6 nitrogen and oxygen atoms in total. The van der Waals surface area contributed by atoms with Gasteiger partial charge in [-0.2, -0.15) is 0 Å². The fourth-order valence-corrected chi connectivity index (χ4v) is 2.45. The first-order valence-electron chi connectivity index (χ1n) is 6.45. The van der Waals surface area contributed by atoms with Crippen molar-refractivity contribution in [3.8, 4) is 5.75 Å². The van der Waals surface area contributed by atoms with Crippen molar-refractivity contribution in [1.82, 2.24) is 10.2 Å². The Kier molecular flexibility index (Phi) is 3.14. The smallest absolute Gasteiger partial charge is 0.324 e. The zero-order valence-corrected chi connectivity index (χ0v) is 11.1. The minimum Gasteiger partial charge on any atom is -0.497 e. The average molecular weight is 273 g/mol. The summed E-state index contributed by atoms with van der Waals surface area (Å²) in [5, 5.41) is 2.82. The number of hydrogen-bond acceptors (Lipinski definition) is 4. The number of fused-ring (bicyclic) bond motifs is 1. The molecule has 20 heavy (non-hydrogen) atoms. The molecule has 1 fully saturated rings. The number of carbonyl (C=O) groups is 2. The van der Waals surface area contributed by atoms with Crippen LogP contribution in [0.5, 0.6) is 5.75 Å². The molecule has 0 aromatic heterocycles. The lowest BCUT2D eigenvalue weighted by atomic mass is 10.0. The Morgan fingerprint density at radius 2 is 2.10 bits per heavy atom. The van der Waals surface area contributed by atoms with Gasteiger partial charge in [-0.25, -0.2) is 4.79 Å². The lowest BCUT2D eigenvalue weighted by molar-refractivity contribution is -0.131. The van der Waals surface area contributed by atoms with Gasteiger partial charge >= 0.3 is 6.03 Å². The van der Waals surface area contributed by atoms with Crippen molar-refractivity contribution in [2.75, 3.05) is 7.11 Å². The third-order valence-electron chi connectivity index (χ3n) is 3.58. The molecule has 0 aliphatic carbocycles. The van der Waals surface area contributed by atoms with Crippen molar-refractivity contribution in [2.24, 2.45) is 4.99 Å². The summed E-state index contributed by atoms with van der Waals surface area (Å²) in [6.07, 6.45) is 2.32. The van der Waals surface area contributed by atoms with Crippen molar-refractivity contribution < 1.29 is 14.3 Å². The fourth-order valence-electron chi connectivity index (χ4n) is 2.45. The van der Waals surface area contributed by atoms with E-state index in [1.54, 1.807) is 25.5 Å². The third-order valence-corrected chi connectivity index (χ3v) is 3.58. The highest BCUT2D eigenvalue weighted by molar-refractivity contribution is 6.02. The third kappa shape index (κ3) is 2.13. The molecule has 3 amide bonds. The molecule has 6 heteroatoms. The molecule has 104 valence electrons. The Bertz CT molecular complexity index is 568. The molecule has 1 aromatic carbocycles. The number of benzene rings is 1. The number of ether oxygens (including phenoxy) is 1. The molecule has 1 N–H and O–H groups in total. The standard InChI is InChI=1S/C14H15N3O3/c1-20-10-4-2-9(3-5-10)8-17-13(18)12-11(6-7-15-12)16-14(17)19/h2-5,7,11-12H,6,8H2,1H3,(H,16,19)/t11-,12-/m0/s1. The number of rotatable bonds is 3. The van der Waals surface area contributed by atoms with Crippen LogP contribution >= 0.6 is 0 Å². The Balaban J connectivity index is 1.76. The monoisotopic (exact) mass is 273 g/mol. The predicted molar refractivity (Wildman–Crippen MR) is 72.8 cm³/mol. The summed E-state index contributed by atoms with van der Waals surface area (Å²) in [6, 6.07) is 6.29. The zero-order chi connectivity index (χ0) is 14.1. The Labute approximate surface area is 116 Å². The topological polar surface area (TPSA) is 71.0 Å². The van der Waals surface area contributed by atoms with Crippen molar-refractivity contribution in [2.45, 2.75) is 25.0 Å². The maximum absolute atomic E-state index is 12.3. The molecule has 0 radical (unpaired) electrons. The summed E-state index contributed by atoms with van der Waals surface area (Å²) in [6.45, 7) is 0.243. The molecule has 1 saturated heterocycles. The van der Waals surface area contributed by atoms with E-state index in [9.17, 15) is 9.59 Å². The SMILES string of the molecule is COc1ccc(CN2C(=O)N[C@H]3CC=N[C@@H]3C2=O)cc1. The van der Waals surface area contributed by atoms with Gasteiger partial charge in [0.25, 0.3) is 5.91 Å². The Hall–Kier alpha value is -2.37. The number of nitrogens with zero attached hydrogens (tertiary/aromatic N) is 2. The first-order chi connectivity index (χ1) is 9.69. The lowest BCUT2D eigenvalue weighted by Gasteiger charge is -2.32. The van der Waals surface area contributed by atoms with E-state index >= 15 is 0 Å². The van der Waals surface area contributed by atoms with Gasteiger partial charge in [0.05, 0.1) is 19.7 Å². The Morgan fingerprint density at radius 1 is 1.35 bits per heavy atom. The number of methoxy groups -OCH3 is 1. The van der Waals surface area contributed by atoms with Gasteiger partial charge in [-0.1, -0.05) is 12.1 Å². The van der Waals surface area contributed by atoms with E-state index < -0.39 is 6.04 Å². The van der Waals surface area contributed by atoms with Crippen LogP contribution in [0.1, 0.15) is 12.0 Å². The van der Waals surface area contributed by atoms with Crippen molar-refractivity contribution in [3.05, 3.63) is 29.8 Å². The first kappa shape index (κ1) is 12.7. The molecule has 0 spiro atoms. The summed E-state index contributed by atoms with van der Waals surface area (Å²) >= 11 is 0. The van der Waals surface area contributed by atoms with Crippen LogP contribution in [-0.2, 0) is 11.3 Å². The van der Waals surface area contributed by atoms with Gasteiger partial charge in [-0.3, -0.25) is 14.7 Å². The number of carbonyl (C=O) groups excluding carboxylic acids is 2. The molecular weight excluding hydrogens is 258 g/mol. The Morgan fingerprint density at radius 3 is 2.80 bits per heavy atom. The van der Waals surface area contributed by atoms with Crippen LogP contribution in [0.15, 0.2) is 29.3 Å². The molecule has 3 rings (SSSR count). The summed E-state index contributed by atoms with van der Waals surface area (Å²) in [7, 11) is 1.59. The van der Waals surface area contributed by atoms with Crippen molar-refractivity contribution >= 4 is 18.2 Å². The van der Waals surface area contributed by atoms with Gasteiger partial charge in [0.2, 0.25) is 0 Å². The van der Waals surface area contributed by atoms with E-state index in [1.165, 1.54) is 4.90 Å². The van der Waals surface area contributed by atoms with Crippen LogP contribution in [0.25, 0.3) is 0 Å². The molecule has 0 bridgehead atoms. The minimum atomic E-state index is -0.467. The van der Waals surface area contributed by atoms with E-state index in [0.717, 1.165) is 11.3 Å². The number of hydrogen-bond donors (Lipinski definition) is 1. The van der Waals surface area contributed by atoms with E-state index in [4.69, 9.17) is 4.74 Å². The zero-order valence-electron chi connectivity index (χ0n) is 11.1. The molecule has 0 saturated carbocycles. The summed E-state index contributed by atoms with van der Waals surface area (Å²) < 4.78 is 5.08. The number of urea groups is 1. The summed E-state index contributed by atoms with van der Waals surface area (Å²) in [4.78, 5) is 29.6. The number of imide groups is 1. The second-order valence-electron chi connectivity index (χ2n) is 4.84. The van der Waals surface area contributed by atoms with Gasteiger partial charge < -0.3 is 10.1 Å². The molecule has 2 aliphatic heterocycles. The normalized spacial score (nSPS) is 24.6. The number of amides is 3. The van der Waals surface area contributed by atoms with Crippen LogP contribution in [0.3, 0.4) is 0 Å². The summed E-state index contributed by atoms with van der Waals surface area (Å²) in [5.41, 5.74) is 0.870. The van der Waals surface area contributed by atoms with Gasteiger partial charge in [0.1, 0.15) is 11.8 Å². The van der Waals surface area contributed by atoms with E-state index in [1.807, 2.05) is 12.1 Å². The highest BCUT2D eigenvalue weighted by Gasteiger charge is 2.42. The highest BCUT2D eigenvalue weighted by atomic mass is 16.5. The van der Waals surface area contributed by atoms with Crippen LogP contribution < -0.4 is 10.1 Å². The quantitative estimate of drug-likeness (QED) is 0.891. The largest absolute Gasteiger partial charge is 0.497 e. The molecule has 1 aromatic rings. The van der Waals surface area contributed by atoms with Gasteiger partial charge in [-0.05, 0) is 17.7 Å². The lowest BCUT2D eigenvalue weighted by Crippen LogP contribution is -2.60. The second kappa shape index (κ2) is 4.96. The van der Waals surface area contributed by atoms with E-state index in [-0.39, 0.29) is 24.5 Å². The number of nitrogens with one attached hydrogen (secondary N) is 1. The fraction of sp³-hybridized carbons (Fsp3) is 0.357. The van der Waals surface area contributed by atoms with E-state index in [2.05, 4.69) is 10.3 Å². The minimum absolute atomic E-state index is 0.179. The van der Waals surface area contributed by atoms with Crippen LogP contribution in [0.4, 0.5) is 4.79 Å². The first-order valence-corrected chi connectivity index (χ1v) is 6.45. The maximum Gasteiger partial charge on any atom is 0.324 e. The van der Waals surface area contributed by atoms with Crippen molar-refractivity contribution in [1.29, 1.82) is 0 Å². The predicted octanol–water partition coefficient (Wildman–Crippen LogP) is 0.959. The van der Waals surface area contributed by atoms with Crippen LogP contribution in [0.2, 0.25) is 0 Å². The maximum atomic E-state index is 12.3. The molecule has 2 atom stereocenters. The molecule has 2 aliphatic rings. The average Bonchev–Trinajstić information content (AvgIpc) is 2.92. The molecule has 2 heterocycles. The van der Waals surface area contributed by atoms with Crippen molar-refractivity contribution in [3.63, 3.8) is 0 Å². The van der Waals surface area contributed by atoms with Gasteiger partial charge in [0, 0.05) is 12.6 Å². The molecular formula is C14H15N3O3. The second-order valence-corrected chi connectivity index (χ2v) is 4.84. The van der Waals surface area contributed by atoms with Gasteiger partial charge in [-0.15, -0.1) is 0 Å². The van der Waals surface area contributed by atoms with Crippen LogP contribution in [-0.4, -0.2) is 42.2 Å². The highest BCUT2D eigenvalue weighted by Crippen LogP contribution is 2.21. The van der Waals surface area contributed by atoms with E-state index in [0.29, 0.717) is 6.42 Å².